The van der Waals surface area contributed by atoms with Crippen molar-refractivity contribution in [3.63, 3.8) is 0 Å². The van der Waals surface area contributed by atoms with Gasteiger partial charge in [0.15, 0.2) is 0 Å². The second-order valence-electron chi connectivity index (χ2n) is 5.20. The number of nitrogens with zero attached hydrogens (tertiary/aromatic N) is 3. The zero-order valence-electron chi connectivity index (χ0n) is 12.6. The van der Waals surface area contributed by atoms with Gasteiger partial charge >= 0.3 is 0 Å². The van der Waals surface area contributed by atoms with Gasteiger partial charge in [-0.1, -0.05) is 12.1 Å². The van der Waals surface area contributed by atoms with Gasteiger partial charge in [-0.25, -0.2) is 4.98 Å². The van der Waals surface area contributed by atoms with Crippen molar-refractivity contribution in [2.75, 3.05) is 31.8 Å². The molecular formula is C16H20N4O. The SMILES string of the molecule is CN(C)C(=O)c1ccc(N(C)Cc2ccc(N)cc2)nc1. The minimum Gasteiger partial charge on any atom is -0.399 e. The number of nitrogens with two attached hydrogens (primary N) is 1. The van der Waals surface area contributed by atoms with E-state index in [4.69, 9.17) is 5.73 Å². The van der Waals surface area contributed by atoms with Crippen LogP contribution in [0.3, 0.4) is 0 Å². The van der Waals surface area contributed by atoms with E-state index in [-0.39, 0.29) is 5.91 Å². The number of aromatic nitrogens is 1. The minimum atomic E-state index is -0.0461. The molecule has 1 aromatic heterocycles. The molecule has 0 bridgehead atoms. The summed E-state index contributed by atoms with van der Waals surface area (Å²) in [7, 11) is 5.42. The van der Waals surface area contributed by atoms with E-state index in [9.17, 15) is 4.79 Å². The summed E-state index contributed by atoms with van der Waals surface area (Å²) in [6, 6.07) is 11.4. The van der Waals surface area contributed by atoms with E-state index in [0.717, 1.165) is 23.6 Å². The predicted octanol–water partition coefficient (Wildman–Crippen LogP) is 2.00. The van der Waals surface area contributed by atoms with Gasteiger partial charge in [-0.3, -0.25) is 4.79 Å². The Balaban J connectivity index is 2.07. The zero-order valence-corrected chi connectivity index (χ0v) is 12.6. The highest BCUT2D eigenvalue weighted by molar-refractivity contribution is 5.93. The fourth-order valence-electron chi connectivity index (χ4n) is 1.97. The van der Waals surface area contributed by atoms with Crippen LogP contribution in [0.4, 0.5) is 11.5 Å². The molecule has 1 amide bonds. The van der Waals surface area contributed by atoms with Gasteiger partial charge in [0.1, 0.15) is 5.82 Å². The number of amides is 1. The van der Waals surface area contributed by atoms with Gasteiger partial charge in [0.05, 0.1) is 5.56 Å². The van der Waals surface area contributed by atoms with Crippen LogP contribution in [0.2, 0.25) is 0 Å². The summed E-state index contributed by atoms with van der Waals surface area (Å²) in [5.41, 5.74) is 8.17. The van der Waals surface area contributed by atoms with Crippen LogP contribution in [-0.2, 0) is 6.54 Å². The van der Waals surface area contributed by atoms with Gasteiger partial charge in [-0.2, -0.15) is 0 Å². The maximum absolute atomic E-state index is 11.8. The number of benzene rings is 1. The number of carbonyl (C=O) groups excluding carboxylic acids is 1. The quantitative estimate of drug-likeness (QED) is 0.872. The summed E-state index contributed by atoms with van der Waals surface area (Å²) in [4.78, 5) is 19.7. The number of carbonyl (C=O) groups is 1. The van der Waals surface area contributed by atoms with Crippen molar-refractivity contribution in [3.8, 4) is 0 Å². The number of nitrogen functional groups attached to an aromatic ring is 1. The average Bonchev–Trinajstić information content (AvgIpc) is 2.49. The first kappa shape index (κ1) is 14.8. The van der Waals surface area contributed by atoms with Crippen molar-refractivity contribution in [1.82, 2.24) is 9.88 Å². The second kappa shape index (κ2) is 6.26. The Kier molecular flexibility index (Phi) is 4.42. The topological polar surface area (TPSA) is 62.5 Å². The molecule has 0 aliphatic rings. The third-order valence-corrected chi connectivity index (χ3v) is 3.19. The fourth-order valence-corrected chi connectivity index (χ4v) is 1.97. The molecule has 21 heavy (non-hydrogen) atoms. The van der Waals surface area contributed by atoms with Crippen molar-refractivity contribution >= 4 is 17.4 Å². The van der Waals surface area contributed by atoms with Gasteiger partial charge < -0.3 is 15.5 Å². The van der Waals surface area contributed by atoms with Crippen molar-refractivity contribution in [2.24, 2.45) is 0 Å². The van der Waals surface area contributed by atoms with E-state index in [1.54, 1.807) is 26.4 Å². The molecule has 2 rings (SSSR count). The summed E-state index contributed by atoms with van der Waals surface area (Å²) in [6.07, 6.45) is 1.61. The third kappa shape index (κ3) is 3.72. The molecule has 0 atom stereocenters. The van der Waals surface area contributed by atoms with Gasteiger partial charge in [0, 0.05) is 39.6 Å². The van der Waals surface area contributed by atoms with Crippen molar-refractivity contribution in [3.05, 3.63) is 53.7 Å². The molecule has 0 saturated heterocycles. The molecule has 110 valence electrons. The maximum Gasteiger partial charge on any atom is 0.254 e. The normalized spacial score (nSPS) is 10.2. The summed E-state index contributed by atoms with van der Waals surface area (Å²) < 4.78 is 0. The summed E-state index contributed by atoms with van der Waals surface area (Å²) in [6.45, 7) is 0.730. The van der Waals surface area contributed by atoms with Crippen LogP contribution >= 0.6 is 0 Å². The number of rotatable bonds is 4. The Morgan fingerprint density at radius 3 is 2.29 bits per heavy atom. The molecule has 0 spiro atoms. The molecule has 0 aliphatic heterocycles. The van der Waals surface area contributed by atoms with E-state index in [1.807, 2.05) is 42.3 Å². The van der Waals surface area contributed by atoms with Crippen LogP contribution in [0.15, 0.2) is 42.6 Å². The molecule has 0 aliphatic carbocycles. The third-order valence-electron chi connectivity index (χ3n) is 3.19. The second-order valence-corrected chi connectivity index (χ2v) is 5.20. The molecular weight excluding hydrogens is 264 g/mol. The lowest BCUT2D eigenvalue weighted by Crippen LogP contribution is -2.22. The Morgan fingerprint density at radius 1 is 1.10 bits per heavy atom. The van der Waals surface area contributed by atoms with Crippen LogP contribution in [0.25, 0.3) is 0 Å². The Morgan fingerprint density at radius 2 is 1.76 bits per heavy atom. The lowest BCUT2D eigenvalue weighted by molar-refractivity contribution is 0.0827. The maximum atomic E-state index is 11.8. The minimum absolute atomic E-state index is 0.0461. The van der Waals surface area contributed by atoms with E-state index in [1.165, 1.54) is 4.90 Å². The highest BCUT2D eigenvalue weighted by Crippen LogP contribution is 2.14. The first-order valence-electron chi connectivity index (χ1n) is 6.70. The monoisotopic (exact) mass is 284 g/mol. The van der Waals surface area contributed by atoms with Gasteiger partial charge in [0.25, 0.3) is 5.91 Å². The molecule has 0 unspecified atom stereocenters. The molecule has 5 heteroatoms. The number of pyridine rings is 1. The Bertz CT molecular complexity index is 605. The van der Waals surface area contributed by atoms with Crippen LogP contribution in [0.1, 0.15) is 15.9 Å². The van der Waals surface area contributed by atoms with Crippen molar-refractivity contribution in [1.29, 1.82) is 0 Å². The zero-order chi connectivity index (χ0) is 15.4. The van der Waals surface area contributed by atoms with Crippen molar-refractivity contribution in [2.45, 2.75) is 6.54 Å². The van der Waals surface area contributed by atoms with Gasteiger partial charge in [0.2, 0.25) is 0 Å². The van der Waals surface area contributed by atoms with Crippen LogP contribution in [0.5, 0.6) is 0 Å². The van der Waals surface area contributed by atoms with Crippen LogP contribution in [0, 0.1) is 0 Å². The molecule has 0 saturated carbocycles. The summed E-state index contributed by atoms with van der Waals surface area (Å²) in [5, 5.41) is 0. The summed E-state index contributed by atoms with van der Waals surface area (Å²) >= 11 is 0. The highest BCUT2D eigenvalue weighted by atomic mass is 16.2. The first-order valence-corrected chi connectivity index (χ1v) is 6.70. The van der Waals surface area contributed by atoms with E-state index in [2.05, 4.69) is 4.98 Å². The fraction of sp³-hybridized carbons (Fsp3) is 0.250. The number of anilines is 2. The molecule has 2 N–H and O–H groups in total. The highest BCUT2D eigenvalue weighted by Gasteiger charge is 2.09. The van der Waals surface area contributed by atoms with E-state index in [0.29, 0.717) is 5.56 Å². The molecule has 0 fully saturated rings. The standard InChI is InChI=1S/C16H20N4O/c1-19(2)16(21)13-6-9-15(18-10-13)20(3)11-12-4-7-14(17)8-5-12/h4-10H,11,17H2,1-3H3. The van der Waals surface area contributed by atoms with Crippen molar-refractivity contribution < 1.29 is 4.79 Å². The molecule has 2 aromatic rings. The number of hydrogen-bond acceptors (Lipinski definition) is 4. The summed E-state index contributed by atoms with van der Waals surface area (Å²) in [5.74, 6) is 0.775. The lowest BCUT2D eigenvalue weighted by atomic mass is 10.2. The first-order chi connectivity index (χ1) is 9.97. The molecule has 1 aromatic carbocycles. The largest absolute Gasteiger partial charge is 0.399 e. The molecule has 5 nitrogen and oxygen atoms in total. The Labute approximate surface area is 125 Å². The van der Waals surface area contributed by atoms with Crippen LogP contribution < -0.4 is 10.6 Å². The van der Waals surface area contributed by atoms with Gasteiger partial charge in [-0.15, -0.1) is 0 Å². The van der Waals surface area contributed by atoms with E-state index < -0.39 is 0 Å². The predicted molar refractivity (Wildman–Crippen MR) is 85.2 cm³/mol. The lowest BCUT2D eigenvalue weighted by Gasteiger charge is -2.19. The smallest absolute Gasteiger partial charge is 0.254 e. The Hall–Kier alpha value is -2.56. The average molecular weight is 284 g/mol. The number of hydrogen-bond donors (Lipinski definition) is 1. The van der Waals surface area contributed by atoms with E-state index >= 15 is 0 Å². The van der Waals surface area contributed by atoms with Gasteiger partial charge in [-0.05, 0) is 29.8 Å². The molecule has 1 heterocycles. The molecule has 0 radical (unpaired) electrons. The van der Waals surface area contributed by atoms with Crippen LogP contribution in [-0.4, -0.2) is 36.9 Å².